The normalized spacial score (nSPS) is 10.8. The monoisotopic (exact) mass is 348 g/mol. The molecule has 0 aliphatic rings. The zero-order valence-corrected chi connectivity index (χ0v) is 13.9. The first kappa shape index (κ1) is 17.5. The molecular weight excluding hydrogens is 332 g/mol. The number of benzene rings is 2. The summed E-state index contributed by atoms with van der Waals surface area (Å²) in [7, 11) is -2.19. The van der Waals surface area contributed by atoms with Crippen LogP contribution in [0.15, 0.2) is 48.5 Å². The van der Waals surface area contributed by atoms with E-state index in [4.69, 9.17) is 0 Å². The Labute approximate surface area is 139 Å². The van der Waals surface area contributed by atoms with E-state index in [2.05, 4.69) is 14.8 Å². The van der Waals surface area contributed by atoms with Crippen molar-refractivity contribution in [3.8, 4) is 0 Å². The third kappa shape index (κ3) is 4.56. The Balaban J connectivity index is 2.25. The lowest BCUT2D eigenvalue weighted by Crippen LogP contribution is -2.16. The first-order valence-electron chi connectivity index (χ1n) is 6.87. The molecular formula is C16H16N2O5S. The van der Waals surface area contributed by atoms with Crippen molar-refractivity contribution in [2.75, 3.05) is 23.4 Å². The molecule has 0 heterocycles. The summed E-state index contributed by atoms with van der Waals surface area (Å²) < 4.78 is 29.5. The van der Waals surface area contributed by atoms with Crippen molar-refractivity contribution in [2.45, 2.75) is 0 Å². The van der Waals surface area contributed by atoms with Gasteiger partial charge in [0.05, 0.1) is 24.6 Å². The number of hydrogen-bond acceptors (Lipinski definition) is 5. The van der Waals surface area contributed by atoms with Gasteiger partial charge >= 0.3 is 5.97 Å². The van der Waals surface area contributed by atoms with Crippen LogP contribution in [0.5, 0.6) is 0 Å². The number of nitrogens with one attached hydrogen (secondary N) is 2. The summed E-state index contributed by atoms with van der Waals surface area (Å²) in [5.41, 5.74) is 1.03. The molecule has 8 heteroatoms. The van der Waals surface area contributed by atoms with Crippen molar-refractivity contribution < 1.29 is 22.7 Å². The molecule has 0 saturated carbocycles. The Morgan fingerprint density at radius 3 is 2.42 bits per heavy atom. The van der Waals surface area contributed by atoms with E-state index in [1.54, 1.807) is 24.3 Å². The minimum Gasteiger partial charge on any atom is -0.465 e. The van der Waals surface area contributed by atoms with Crippen LogP contribution in [-0.2, 0) is 14.8 Å². The molecule has 0 aliphatic carbocycles. The van der Waals surface area contributed by atoms with Crippen LogP contribution in [0.1, 0.15) is 20.7 Å². The third-order valence-corrected chi connectivity index (χ3v) is 3.62. The number of anilines is 2. The van der Waals surface area contributed by atoms with E-state index in [0.717, 1.165) is 6.26 Å². The zero-order valence-electron chi connectivity index (χ0n) is 13.1. The second-order valence-corrected chi connectivity index (χ2v) is 6.69. The lowest BCUT2D eigenvalue weighted by molar-refractivity contribution is 0.0602. The number of hydrogen-bond donors (Lipinski definition) is 2. The fraction of sp³-hybridized carbons (Fsp3) is 0.125. The number of sulfonamides is 1. The van der Waals surface area contributed by atoms with Gasteiger partial charge < -0.3 is 10.1 Å². The molecule has 2 aromatic rings. The van der Waals surface area contributed by atoms with E-state index >= 15 is 0 Å². The van der Waals surface area contributed by atoms with Crippen LogP contribution in [0.25, 0.3) is 0 Å². The van der Waals surface area contributed by atoms with Gasteiger partial charge in [0.2, 0.25) is 10.0 Å². The highest BCUT2D eigenvalue weighted by Gasteiger charge is 2.14. The summed E-state index contributed by atoms with van der Waals surface area (Å²) in [6.45, 7) is 0. The van der Waals surface area contributed by atoms with Gasteiger partial charge in [0, 0.05) is 11.3 Å². The summed E-state index contributed by atoms with van der Waals surface area (Å²) >= 11 is 0. The van der Waals surface area contributed by atoms with Crippen LogP contribution in [0, 0.1) is 0 Å². The van der Waals surface area contributed by atoms with Gasteiger partial charge in [-0.25, -0.2) is 13.2 Å². The molecule has 0 spiro atoms. The molecule has 0 unspecified atom stereocenters. The van der Waals surface area contributed by atoms with E-state index in [0.29, 0.717) is 5.69 Å². The van der Waals surface area contributed by atoms with E-state index in [1.807, 2.05) is 0 Å². The van der Waals surface area contributed by atoms with Gasteiger partial charge in [0.15, 0.2) is 0 Å². The molecule has 2 rings (SSSR count). The van der Waals surface area contributed by atoms with Crippen molar-refractivity contribution in [2.24, 2.45) is 0 Å². The van der Waals surface area contributed by atoms with Crippen molar-refractivity contribution in [1.82, 2.24) is 0 Å². The van der Waals surface area contributed by atoms with E-state index in [-0.39, 0.29) is 16.8 Å². The van der Waals surface area contributed by atoms with Crippen LogP contribution >= 0.6 is 0 Å². The highest BCUT2D eigenvalue weighted by atomic mass is 32.2. The Morgan fingerprint density at radius 2 is 1.75 bits per heavy atom. The summed E-state index contributed by atoms with van der Waals surface area (Å²) in [5.74, 6) is -1.05. The van der Waals surface area contributed by atoms with Gasteiger partial charge in [0.25, 0.3) is 5.91 Å². The van der Waals surface area contributed by atoms with Gasteiger partial charge in [-0.05, 0) is 30.3 Å². The van der Waals surface area contributed by atoms with Crippen LogP contribution in [0.4, 0.5) is 11.4 Å². The molecule has 2 aromatic carbocycles. The fourth-order valence-electron chi connectivity index (χ4n) is 2.01. The van der Waals surface area contributed by atoms with Gasteiger partial charge in [-0.1, -0.05) is 18.2 Å². The molecule has 2 N–H and O–H groups in total. The number of amides is 1. The Bertz CT molecular complexity index is 878. The number of ether oxygens (including phenoxy) is 1. The molecule has 24 heavy (non-hydrogen) atoms. The van der Waals surface area contributed by atoms with Gasteiger partial charge in [-0.2, -0.15) is 0 Å². The fourth-order valence-corrected chi connectivity index (χ4v) is 2.57. The molecule has 0 bridgehead atoms. The number of rotatable bonds is 5. The summed E-state index contributed by atoms with van der Waals surface area (Å²) in [6, 6.07) is 12.4. The lowest BCUT2D eigenvalue weighted by Gasteiger charge is -2.10. The summed E-state index contributed by atoms with van der Waals surface area (Å²) in [5, 5.41) is 2.62. The highest BCUT2D eigenvalue weighted by molar-refractivity contribution is 7.92. The second-order valence-electron chi connectivity index (χ2n) is 4.95. The molecule has 1 amide bonds. The van der Waals surface area contributed by atoms with Crippen LogP contribution in [-0.4, -0.2) is 33.7 Å². The molecule has 0 saturated heterocycles. The van der Waals surface area contributed by atoms with Crippen LogP contribution < -0.4 is 10.0 Å². The van der Waals surface area contributed by atoms with Crippen molar-refractivity contribution in [3.63, 3.8) is 0 Å². The predicted molar refractivity (Wildman–Crippen MR) is 90.6 cm³/mol. The highest BCUT2D eigenvalue weighted by Crippen LogP contribution is 2.18. The van der Waals surface area contributed by atoms with Gasteiger partial charge in [-0.15, -0.1) is 0 Å². The van der Waals surface area contributed by atoms with Crippen molar-refractivity contribution in [1.29, 1.82) is 0 Å². The van der Waals surface area contributed by atoms with Crippen molar-refractivity contribution >= 4 is 33.3 Å². The molecule has 0 radical (unpaired) electrons. The average molecular weight is 348 g/mol. The number of carbonyl (C=O) groups is 2. The van der Waals surface area contributed by atoms with Gasteiger partial charge in [-0.3, -0.25) is 9.52 Å². The SMILES string of the molecule is COC(=O)c1ccccc1NC(=O)c1cccc(NS(C)(=O)=O)c1. The van der Waals surface area contributed by atoms with E-state index < -0.39 is 21.9 Å². The maximum Gasteiger partial charge on any atom is 0.339 e. The average Bonchev–Trinajstić information content (AvgIpc) is 2.53. The minimum atomic E-state index is -3.44. The number of esters is 1. The topological polar surface area (TPSA) is 102 Å². The Hall–Kier alpha value is -2.87. The van der Waals surface area contributed by atoms with Gasteiger partial charge in [0.1, 0.15) is 0 Å². The summed E-state index contributed by atoms with van der Waals surface area (Å²) in [4.78, 5) is 24.1. The first-order chi connectivity index (χ1) is 11.3. The zero-order chi connectivity index (χ0) is 17.7. The molecule has 0 aromatic heterocycles. The lowest BCUT2D eigenvalue weighted by atomic mass is 10.1. The van der Waals surface area contributed by atoms with E-state index in [1.165, 1.54) is 31.4 Å². The van der Waals surface area contributed by atoms with Crippen LogP contribution in [0.2, 0.25) is 0 Å². The minimum absolute atomic E-state index is 0.221. The molecule has 7 nitrogen and oxygen atoms in total. The first-order valence-corrected chi connectivity index (χ1v) is 8.76. The standard InChI is InChI=1S/C16H16N2O5S/c1-23-16(20)13-8-3-4-9-14(13)17-15(19)11-6-5-7-12(10-11)18-24(2,21)22/h3-10,18H,1-2H3,(H,17,19). The predicted octanol–water partition coefficient (Wildman–Crippen LogP) is 2.10. The molecule has 0 fully saturated rings. The molecule has 0 atom stereocenters. The number of para-hydroxylation sites is 1. The Morgan fingerprint density at radius 1 is 1.04 bits per heavy atom. The smallest absolute Gasteiger partial charge is 0.339 e. The Kier molecular flexibility index (Phi) is 5.20. The largest absolute Gasteiger partial charge is 0.465 e. The van der Waals surface area contributed by atoms with Crippen molar-refractivity contribution in [3.05, 3.63) is 59.7 Å². The maximum atomic E-state index is 12.4. The maximum absolute atomic E-state index is 12.4. The quantitative estimate of drug-likeness (QED) is 0.806. The molecule has 126 valence electrons. The second kappa shape index (κ2) is 7.14. The third-order valence-electron chi connectivity index (χ3n) is 3.01. The number of carbonyl (C=O) groups excluding carboxylic acids is 2. The van der Waals surface area contributed by atoms with E-state index in [9.17, 15) is 18.0 Å². The van der Waals surface area contributed by atoms with Crippen LogP contribution in [0.3, 0.4) is 0 Å². The number of methoxy groups -OCH3 is 1. The summed E-state index contributed by atoms with van der Waals surface area (Å²) in [6.07, 6.45) is 1.02. The molecule has 0 aliphatic heterocycles.